The summed E-state index contributed by atoms with van der Waals surface area (Å²) in [6.07, 6.45) is 6.30. The Bertz CT molecular complexity index is 399. The molecular formula is C15H21NOS. The average Bonchev–Trinajstić information content (AvgIpc) is 2.46. The lowest BCUT2D eigenvalue weighted by atomic mass is 9.95. The van der Waals surface area contributed by atoms with Crippen LogP contribution >= 0.6 is 11.8 Å². The Hall–Kier alpha value is -0.930. The van der Waals surface area contributed by atoms with Crippen molar-refractivity contribution in [2.75, 3.05) is 19.4 Å². The van der Waals surface area contributed by atoms with Crippen LogP contribution in [-0.2, 0) is 4.74 Å². The minimum atomic E-state index is 0.297. The summed E-state index contributed by atoms with van der Waals surface area (Å²) in [4.78, 5) is 1.31. The summed E-state index contributed by atoms with van der Waals surface area (Å²) < 4.78 is 5.47. The molecule has 1 aromatic carbocycles. The lowest BCUT2D eigenvalue weighted by molar-refractivity contribution is 0.219. The van der Waals surface area contributed by atoms with E-state index in [2.05, 4.69) is 42.8 Å². The van der Waals surface area contributed by atoms with Crippen molar-refractivity contribution >= 4 is 11.8 Å². The third kappa shape index (κ3) is 3.30. The highest BCUT2D eigenvalue weighted by molar-refractivity contribution is 7.98. The molecule has 0 radical (unpaired) electrons. The van der Waals surface area contributed by atoms with E-state index in [1.54, 1.807) is 11.8 Å². The zero-order chi connectivity index (χ0) is 12.8. The summed E-state index contributed by atoms with van der Waals surface area (Å²) in [5.41, 5.74) is 2.69. The molecule has 18 heavy (non-hydrogen) atoms. The maximum Gasteiger partial charge on any atom is 0.0876 e. The summed E-state index contributed by atoms with van der Waals surface area (Å²) in [6, 6.07) is 9.11. The molecule has 1 aliphatic heterocycles. The lowest BCUT2D eigenvalue weighted by Crippen LogP contribution is -2.24. The fourth-order valence-corrected chi connectivity index (χ4v) is 2.67. The van der Waals surface area contributed by atoms with Gasteiger partial charge in [0.15, 0.2) is 0 Å². The Morgan fingerprint density at radius 1 is 1.33 bits per heavy atom. The number of nitrogens with one attached hydrogen (secondary N) is 1. The van der Waals surface area contributed by atoms with Crippen molar-refractivity contribution < 1.29 is 4.74 Å². The van der Waals surface area contributed by atoms with E-state index in [0.29, 0.717) is 6.04 Å². The molecule has 1 aliphatic rings. The van der Waals surface area contributed by atoms with Crippen LogP contribution in [0, 0.1) is 0 Å². The Morgan fingerprint density at radius 2 is 2.11 bits per heavy atom. The van der Waals surface area contributed by atoms with Crippen LogP contribution in [-0.4, -0.2) is 19.4 Å². The quantitative estimate of drug-likeness (QED) is 0.817. The summed E-state index contributed by atoms with van der Waals surface area (Å²) in [5.74, 6) is 0. The molecule has 1 atom stereocenters. The molecule has 0 fully saturated rings. The molecule has 0 saturated heterocycles. The van der Waals surface area contributed by atoms with E-state index in [-0.39, 0.29) is 0 Å². The van der Waals surface area contributed by atoms with Crippen molar-refractivity contribution in [3.05, 3.63) is 41.7 Å². The number of rotatable bonds is 5. The molecule has 1 aromatic rings. The zero-order valence-electron chi connectivity index (χ0n) is 11.1. The van der Waals surface area contributed by atoms with Crippen LogP contribution in [0.1, 0.15) is 31.4 Å². The maximum absolute atomic E-state index is 5.47. The normalized spacial score (nSPS) is 16.9. The highest BCUT2D eigenvalue weighted by Gasteiger charge is 2.17. The molecule has 1 heterocycles. The van der Waals surface area contributed by atoms with Crippen molar-refractivity contribution in [3.8, 4) is 0 Å². The largest absolute Gasteiger partial charge is 0.501 e. The fourth-order valence-electron chi connectivity index (χ4n) is 2.26. The minimum Gasteiger partial charge on any atom is -0.501 e. The third-order valence-electron chi connectivity index (χ3n) is 3.19. The first-order valence-electron chi connectivity index (χ1n) is 6.53. The second-order valence-electron chi connectivity index (χ2n) is 4.43. The van der Waals surface area contributed by atoms with Crippen LogP contribution < -0.4 is 5.32 Å². The SMILES string of the molecule is CCNC(C1=COCCC1)c1ccc(SC)cc1. The van der Waals surface area contributed by atoms with Gasteiger partial charge < -0.3 is 10.1 Å². The predicted molar refractivity (Wildman–Crippen MR) is 77.9 cm³/mol. The second-order valence-corrected chi connectivity index (χ2v) is 5.31. The van der Waals surface area contributed by atoms with Gasteiger partial charge in [0.25, 0.3) is 0 Å². The molecule has 0 amide bonds. The van der Waals surface area contributed by atoms with Crippen LogP contribution in [0.25, 0.3) is 0 Å². The minimum absolute atomic E-state index is 0.297. The monoisotopic (exact) mass is 263 g/mol. The molecule has 0 aliphatic carbocycles. The van der Waals surface area contributed by atoms with Gasteiger partial charge in [-0.1, -0.05) is 19.1 Å². The van der Waals surface area contributed by atoms with Crippen molar-refractivity contribution in [2.24, 2.45) is 0 Å². The van der Waals surface area contributed by atoms with E-state index in [1.807, 2.05) is 6.26 Å². The van der Waals surface area contributed by atoms with E-state index >= 15 is 0 Å². The smallest absolute Gasteiger partial charge is 0.0876 e. The van der Waals surface area contributed by atoms with Gasteiger partial charge in [-0.05, 0) is 48.9 Å². The molecule has 2 rings (SSSR count). The van der Waals surface area contributed by atoms with E-state index in [4.69, 9.17) is 4.74 Å². The van der Waals surface area contributed by atoms with Gasteiger partial charge in [0, 0.05) is 4.90 Å². The van der Waals surface area contributed by atoms with Gasteiger partial charge in [-0.25, -0.2) is 0 Å². The van der Waals surface area contributed by atoms with E-state index in [9.17, 15) is 0 Å². The molecule has 1 unspecified atom stereocenters. The zero-order valence-corrected chi connectivity index (χ0v) is 11.9. The highest BCUT2D eigenvalue weighted by Crippen LogP contribution is 2.28. The van der Waals surface area contributed by atoms with Crippen LogP contribution in [0.2, 0.25) is 0 Å². The Labute approximate surface area is 114 Å². The maximum atomic E-state index is 5.47. The molecular weight excluding hydrogens is 242 g/mol. The van der Waals surface area contributed by atoms with E-state index in [0.717, 1.165) is 26.0 Å². The van der Waals surface area contributed by atoms with Gasteiger partial charge in [0.2, 0.25) is 0 Å². The molecule has 3 heteroatoms. The molecule has 2 nitrogen and oxygen atoms in total. The molecule has 98 valence electrons. The Balaban J connectivity index is 2.19. The number of ether oxygens (including phenoxy) is 1. The topological polar surface area (TPSA) is 21.3 Å². The summed E-state index contributed by atoms with van der Waals surface area (Å²) in [5, 5.41) is 3.55. The van der Waals surface area contributed by atoms with Crippen molar-refractivity contribution in [3.63, 3.8) is 0 Å². The predicted octanol–water partition coefficient (Wildman–Crippen LogP) is 3.75. The van der Waals surface area contributed by atoms with Gasteiger partial charge >= 0.3 is 0 Å². The number of hydrogen-bond donors (Lipinski definition) is 1. The molecule has 0 aromatic heterocycles. The van der Waals surface area contributed by atoms with Crippen LogP contribution in [0.3, 0.4) is 0 Å². The summed E-state index contributed by atoms with van der Waals surface area (Å²) >= 11 is 1.78. The summed E-state index contributed by atoms with van der Waals surface area (Å²) in [6.45, 7) is 3.97. The molecule has 1 N–H and O–H groups in total. The van der Waals surface area contributed by atoms with Crippen molar-refractivity contribution in [2.45, 2.75) is 30.7 Å². The average molecular weight is 263 g/mol. The van der Waals surface area contributed by atoms with Crippen molar-refractivity contribution in [1.82, 2.24) is 5.32 Å². The molecule has 0 spiro atoms. The fraction of sp³-hybridized carbons (Fsp3) is 0.467. The number of hydrogen-bond acceptors (Lipinski definition) is 3. The number of likely N-dealkylation sites (N-methyl/N-ethyl adjacent to an activating group) is 1. The van der Waals surface area contributed by atoms with Gasteiger partial charge in [-0.3, -0.25) is 0 Å². The van der Waals surface area contributed by atoms with Crippen LogP contribution in [0.5, 0.6) is 0 Å². The van der Waals surface area contributed by atoms with E-state index in [1.165, 1.54) is 16.0 Å². The van der Waals surface area contributed by atoms with Crippen LogP contribution in [0.15, 0.2) is 41.0 Å². The highest BCUT2D eigenvalue weighted by atomic mass is 32.2. The van der Waals surface area contributed by atoms with Gasteiger partial charge in [0.05, 0.1) is 18.9 Å². The summed E-state index contributed by atoms with van der Waals surface area (Å²) in [7, 11) is 0. The lowest BCUT2D eigenvalue weighted by Gasteiger charge is -2.24. The number of thioether (sulfide) groups is 1. The second kappa shape index (κ2) is 6.86. The molecule has 0 bridgehead atoms. The van der Waals surface area contributed by atoms with Crippen molar-refractivity contribution in [1.29, 1.82) is 0 Å². The van der Waals surface area contributed by atoms with Gasteiger partial charge in [0.1, 0.15) is 0 Å². The number of benzene rings is 1. The van der Waals surface area contributed by atoms with Gasteiger partial charge in [-0.2, -0.15) is 0 Å². The Kier molecular flexibility index (Phi) is 5.14. The molecule has 0 saturated carbocycles. The van der Waals surface area contributed by atoms with Crippen LogP contribution in [0.4, 0.5) is 0 Å². The van der Waals surface area contributed by atoms with Gasteiger partial charge in [-0.15, -0.1) is 11.8 Å². The Morgan fingerprint density at radius 3 is 2.67 bits per heavy atom. The third-order valence-corrected chi connectivity index (χ3v) is 3.93. The standard InChI is InChI=1S/C15H21NOS/c1-3-16-15(13-5-4-10-17-11-13)12-6-8-14(18-2)9-7-12/h6-9,11,15-16H,3-5,10H2,1-2H3. The first-order valence-corrected chi connectivity index (χ1v) is 7.75. The first-order chi connectivity index (χ1) is 8.85. The van der Waals surface area contributed by atoms with E-state index < -0.39 is 0 Å². The first kappa shape index (κ1) is 13.5.